The van der Waals surface area contributed by atoms with Gasteiger partial charge in [0, 0.05) is 19.5 Å². The van der Waals surface area contributed by atoms with E-state index in [-0.39, 0.29) is 11.6 Å². The molecule has 1 aliphatic rings. The maximum atomic E-state index is 13.9. The van der Waals surface area contributed by atoms with Crippen molar-refractivity contribution in [3.8, 4) is 5.75 Å². The fraction of sp³-hybridized carbons (Fsp3) is 0.444. The number of halogens is 3. The smallest absolute Gasteiger partial charge is 0.407 e. The van der Waals surface area contributed by atoms with E-state index >= 15 is 0 Å². The Balaban J connectivity index is 1.90. The summed E-state index contributed by atoms with van der Waals surface area (Å²) < 4.78 is 34.5. The van der Waals surface area contributed by atoms with Crippen LogP contribution in [0.5, 0.6) is 5.75 Å². The van der Waals surface area contributed by atoms with Crippen LogP contribution in [0.25, 0.3) is 0 Å². The Bertz CT molecular complexity index is 849. The monoisotopic (exact) mass is 399 g/mol. The molecule has 0 aliphatic carbocycles. The molecule has 1 amide bonds. The van der Waals surface area contributed by atoms with Crippen LogP contribution in [-0.2, 0) is 19.4 Å². The maximum Gasteiger partial charge on any atom is 0.407 e. The van der Waals surface area contributed by atoms with Gasteiger partial charge >= 0.3 is 6.09 Å². The van der Waals surface area contributed by atoms with Crippen LogP contribution >= 0.6 is 11.6 Å². The highest BCUT2D eigenvalue weighted by Gasteiger charge is 2.34. The summed E-state index contributed by atoms with van der Waals surface area (Å²) in [6.45, 7) is 2.73. The number of hydrogen-bond acceptors (Lipinski definition) is 3. The summed E-state index contributed by atoms with van der Waals surface area (Å²) in [5.74, 6) is -1.21. The summed E-state index contributed by atoms with van der Waals surface area (Å²) >= 11 is 6.29. The molecule has 27 heavy (non-hydrogen) atoms. The second-order valence-electron chi connectivity index (χ2n) is 6.33. The number of nitrogens with zero attached hydrogens (tertiary/aromatic N) is 3. The molecule has 1 aromatic heterocycles. The van der Waals surface area contributed by atoms with Crippen LogP contribution in [0.1, 0.15) is 36.5 Å². The van der Waals surface area contributed by atoms with Crippen molar-refractivity contribution in [1.82, 2.24) is 14.5 Å². The first kappa shape index (κ1) is 19.4. The van der Waals surface area contributed by atoms with E-state index in [1.807, 2.05) is 11.5 Å². The van der Waals surface area contributed by atoms with Crippen LogP contribution in [-0.4, -0.2) is 39.3 Å². The van der Waals surface area contributed by atoms with Crippen molar-refractivity contribution in [1.29, 1.82) is 0 Å². The fourth-order valence-corrected chi connectivity index (χ4v) is 3.93. The second-order valence-corrected chi connectivity index (χ2v) is 6.69. The second kappa shape index (κ2) is 7.72. The molecule has 1 N–H and O–H groups in total. The average molecular weight is 400 g/mol. The van der Waals surface area contributed by atoms with Crippen molar-refractivity contribution >= 4 is 17.7 Å². The van der Waals surface area contributed by atoms with Crippen molar-refractivity contribution in [2.24, 2.45) is 0 Å². The molecule has 0 saturated carbocycles. The number of imidazole rings is 1. The predicted molar refractivity (Wildman–Crippen MR) is 95.3 cm³/mol. The number of amides is 1. The minimum absolute atomic E-state index is 0.273. The number of rotatable bonds is 5. The molecule has 2 aromatic rings. The van der Waals surface area contributed by atoms with Gasteiger partial charge in [-0.1, -0.05) is 18.5 Å². The quantitative estimate of drug-likeness (QED) is 0.823. The number of ether oxygens (including phenoxy) is 1. The largest absolute Gasteiger partial charge is 0.491 e. The molecule has 0 saturated heterocycles. The molecule has 0 fully saturated rings. The van der Waals surface area contributed by atoms with E-state index < -0.39 is 29.5 Å². The Kier molecular flexibility index (Phi) is 5.55. The lowest BCUT2D eigenvalue weighted by molar-refractivity contribution is 0.106. The Morgan fingerprint density at radius 1 is 1.37 bits per heavy atom. The standard InChI is InChI=1S/C18H20ClF2N3O3/c1-3-14-22-17(19)15-13(23(18(25)26)6-7-24(14)15)5-4-10-8-11(20)16(27-2)12(21)9-10/h8-9,13H,3-7H2,1-2H3,(H,25,26). The Morgan fingerprint density at radius 2 is 2.04 bits per heavy atom. The third kappa shape index (κ3) is 3.58. The molecular weight excluding hydrogens is 380 g/mol. The number of aryl methyl sites for hydroxylation is 2. The van der Waals surface area contributed by atoms with E-state index in [0.29, 0.717) is 37.2 Å². The van der Waals surface area contributed by atoms with Crippen LogP contribution in [0.15, 0.2) is 12.1 Å². The lowest BCUT2D eigenvalue weighted by atomic mass is 10.00. The third-order valence-electron chi connectivity index (χ3n) is 4.83. The topological polar surface area (TPSA) is 67.6 Å². The van der Waals surface area contributed by atoms with Crippen molar-refractivity contribution in [2.75, 3.05) is 13.7 Å². The van der Waals surface area contributed by atoms with Gasteiger partial charge in [0.05, 0.1) is 18.8 Å². The summed E-state index contributed by atoms with van der Waals surface area (Å²) in [4.78, 5) is 17.3. The van der Waals surface area contributed by atoms with Crippen molar-refractivity contribution in [3.05, 3.63) is 46.0 Å². The summed E-state index contributed by atoms with van der Waals surface area (Å²) in [5, 5.41) is 9.83. The summed E-state index contributed by atoms with van der Waals surface area (Å²) in [6, 6.07) is 1.86. The molecule has 3 rings (SSSR count). The van der Waals surface area contributed by atoms with Gasteiger partial charge in [-0.2, -0.15) is 0 Å². The zero-order valence-electron chi connectivity index (χ0n) is 15.0. The maximum absolute atomic E-state index is 13.9. The van der Waals surface area contributed by atoms with Crippen LogP contribution in [0, 0.1) is 11.6 Å². The number of carboxylic acid groups (broad SMARTS) is 1. The average Bonchev–Trinajstić information content (AvgIpc) is 2.95. The molecule has 1 unspecified atom stereocenters. The molecule has 9 heteroatoms. The lowest BCUT2D eigenvalue weighted by Crippen LogP contribution is -2.42. The van der Waals surface area contributed by atoms with Gasteiger partial charge in [0.2, 0.25) is 0 Å². The highest BCUT2D eigenvalue weighted by molar-refractivity contribution is 6.30. The molecule has 1 aromatic carbocycles. The van der Waals surface area contributed by atoms with Crippen LogP contribution < -0.4 is 4.74 Å². The third-order valence-corrected chi connectivity index (χ3v) is 5.11. The number of fused-ring (bicyclic) bond motifs is 1. The van der Waals surface area contributed by atoms with Gasteiger partial charge in [0.25, 0.3) is 0 Å². The number of benzene rings is 1. The Labute approximate surface area is 160 Å². The number of hydrogen-bond donors (Lipinski definition) is 1. The van der Waals surface area contributed by atoms with Crippen LogP contribution in [0.4, 0.5) is 13.6 Å². The van der Waals surface area contributed by atoms with Crippen molar-refractivity contribution in [2.45, 2.75) is 38.8 Å². The Morgan fingerprint density at radius 3 is 2.59 bits per heavy atom. The molecular formula is C18H20ClF2N3O3. The molecule has 1 aliphatic heterocycles. The Hall–Kier alpha value is -2.35. The predicted octanol–water partition coefficient (Wildman–Crippen LogP) is 4.05. The number of aromatic nitrogens is 2. The first-order valence-electron chi connectivity index (χ1n) is 8.63. The zero-order chi connectivity index (χ0) is 19.7. The highest BCUT2D eigenvalue weighted by Crippen LogP contribution is 2.36. The van der Waals surface area contributed by atoms with Gasteiger partial charge in [-0.25, -0.2) is 18.6 Å². The van der Waals surface area contributed by atoms with E-state index in [0.717, 1.165) is 5.82 Å². The van der Waals surface area contributed by atoms with Gasteiger partial charge in [0.1, 0.15) is 5.82 Å². The van der Waals surface area contributed by atoms with Crippen molar-refractivity contribution < 1.29 is 23.4 Å². The SMILES string of the molecule is CCc1nc(Cl)c2n1CCN(C(=O)O)C2CCc1cc(F)c(OC)c(F)c1. The van der Waals surface area contributed by atoms with Gasteiger partial charge in [-0.05, 0) is 30.5 Å². The van der Waals surface area contributed by atoms with E-state index in [2.05, 4.69) is 9.72 Å². The molecule has 1 atom stereocenters. The van der Waals surface area contributed by atoms with E-state index in [1.165, 1.54) is 24.1 Å². The molecule has 2 heterocycles. The number of carbonyl (C=O) groups is 1. The van der Waals surface area contributed by atoms with Crippen LogP contribution in [0.2, 0.25) is 5.15 Å². The normalized spacial score (nSPS) is 16.3. The minimum Gasteiger partial charge on any atom is -0.491 e. The van der Waals surface area contributed by atoms with Crippen LogP contribution in [0.3, 0.4) is 0 Å². The summed E-state index contributed by atoms with van der Waals surface area (Å²) in [6.07, 6.45) is 0.212. The van der Waals surface area contributed by atoms with E-state index in [9.17, 15) is 18.7 Å². The zero-order valence-corrected chi connectivity index (χ0v) is 15.8. The number of methoxy groups -OCH3 is 1. The fourth-order valence-electron chi connectivity index (χ4n) is 3.61. The van der Waals surface area contributed by atoms with Gasteiger partial charge < -0.3 is 14.4 Å². The molecule has 6 nitrogen and oxygen atoms in total. The lowest BCUT2D eigenvalue weighted by Gasteiger charge is -2.35. The van der Waals surface area contributed by atoms with Gasteiger partial charge in [-0.15, -0.1) is 0 Å². The summed E-state index contributed by atoms with van der Waals surface area (Å²) in [7, 11) is 1.20. The minimum atomic E-state index is -1.06. The summed E-state index contributed by atoms with van der Waals surface area (Å²) in [5.41, 5.74) is 1.05. The first-order valence-corrected chi connectivity index (χ1v) is 9.01. The molecule has 0 spiro atoms. The van der Waals surface area contributed by atoms with Gasteiger partial charge in [0.15, 0.2) is 22.5 Å². The van der Waals surface area contributed by atoms with E-state index in [1.54, 1.807) is 0 Å². The molecule has 0 bridgehead atoms. The highest BCUT2D eigenvalue weighted by atomic mass is 35.5. The van der Waals surface area contributed by atoms with Gasteiger partial charge in [-0.3, -0.25) is 4.90 Å². The molecule has 0 radical (unpaired) electrons. The first-order chi connectivity index (χ1) is 12.9. The molecule has 146 valence electrons. The van der Waals surface area contributed by atoms with Crippen molar-refractivity contribution in [3.63, 3.8) is 0 Å². The van der Waals surface area contributed by atoms with E-state index in [4.69, 9.17) is 11.6 Å².